The van der Waals surface area contributed by atoms with Crippen molar-refractivity contribution in [1.29, 1.82) is 0 Å². The lowest BCUT2D eigenvalue weighted by atomic mass is 9.88. The van der Waals surface area contributed by atoms with Gasteiger partial charge >= 0.3 is 0 Å². The van der Waals surface area contributed by atoms with Crippen molar-refractivity contribution < 1.29 is 0 Å². The number of anilines is 1. The molecular weight excluding hydrogens is 368 g/mol. The van der Waals surface area contributed by atoms with Gasteiger partial charge in [-0.1, -0.05) is 37.4 Å². The van der Waals surface area contributed by atoms with Crippen molar-refractivity contribution in [3.05, 3.63) is 86.9 Å². The van der Waals surface area contributed by atoms with Crippen LogP contribution in [-0.4, -0.2) is 21.7 Å². The van der Waals surface area contributed by atoms with Crippen LogP contribution in [0.1, 0.15) is 27.8 Å². The molecule has 2 nitrogen and oxygen atoms in total. The molecule has 0 aromatic heterocycles. The molecule has 2 aliphatic heterocycles. The summed E-state index contributed by atoms with van der Waals surface area (Å²) in [7, 11) is 0.347. The summed E-state index contributed by atoms with van der Waals surface area (Å²) in [6.07, 6.45) is 1.13. The largest absolute Gasteiger partial charge is 0.399 e. The predicted octanol–water partition coefficient (Wildman–Crippen LogP) is 1.95. The smallest absolute Gasteiger partial charge is 0.203 e. The zero-order valence-corrected chi connectivity index (χ0v) is 19.1. The molecule has 0 fully saturated rings. The van der Waals surface area contributed by atoms with E-state index in [2.05, 4.69) is 87.1 Å². The second-order valence-corrected chi connectivity index (χ2v) is 13.6. The van der Waals surface area contributed by atoms with Gasteiger partial charge in [-0.25, -0.2) is 4.58 Å². The molecule has 3 heteroatoms. The molecule has 0 amide bonds. The maximum absolute atomic E-state index is 6.28. The number of aryl methyl sites for hydroxylation is 2. The van der Waals surface area contributed by atoms with Crippen LogP contribution in [0.5, 0.6) is 0 Å². The van der Waals surface area contributed by atoms with Gasteiger partial charge in [-0.3, -0.25) is 0 Å². The van der Waals surface area contributed by atoms with Gasteiger partial charge in [0.2, 0.25) is 5.36 Å². The van der Waals surface area contributed by atoms with E-state index in [1.807, 2.05) is 0 Å². The summed E-state index contributed by atoms with van der Waals surface area (Å²) < 4.78 is 2.41. The summed E-state index contributed by atoms with van der Waals surface area (Å²) in [5.74, 6) is 0. The number of nitrogens with zero attached hydrogens (tertiary/aromatic N) is 1. The topological polar surface area (TPSA) is 29.0 Å². The predicted molar refractivity (Wildman–Crippen MR) is 127 cm³/mol. The monoisotopic (exact) mass is 397 g/mol. The van der Waals surface area contributed by atoms with Gasteiger partial charge in [-0.05, 0) is 75.5 Å². The molecule has 0 atom stereocenters. The van der Waals surface area contributed by atoms with Gasteiger partial charge in [0.25, 0.3) is 0 Å². The first kappa shape index (κ1) is 18.4. The Morgan fingerprint density at radius 3 is 2.38 bits per heavy atom. The van der Waals surface area contributed by atoms with Gasteiger partial charge in [0.15, 0.2) is 0 Å². The minimum absolute atomic E-state index is 0.868. The number of hydrogen-bond acceptors (Lipinski definition) is 1. The number of nitrogen functional groups attached to an aromatic ring is 1. The fraction of sp³-hybridized carbons (Fsp3) is 0.269. The van der Waals surface area contributed by atoms with Gasteiger partial charge < -0.3 is 5.73 Å². The number of hydrogen-bond donors (Lipinski definition) is 1. The van der Waals surface area contributed by atoms with Crippen molar-refractivity contribution in [2.24, 2.45) is 0 Å². The molecular formula is C26H29N2Si+. The van der Waals surface area contributed by atoms with Crippen LogP contribution < -0.4 is 31.3 Å². The molecule has 0 radical (unpaired) electrons. The van der Waals surface area contributed by atoms with Crippen molar-refractivity contribution in [3.63, 3.8) is 0 Å². The molecule has 0 aliphatic carbocycles. The average molecular weight is 398 g/mol. The Labute approximate surface area is 174 Å². The summed E-state index contributed by atoms with van der Waals surface area (Å²) in [6.45, 7) is 10.5. The third-order valence-corrected chi connectivity index (χ3v) is 10.5. The van der Waals surface area contributed by atoms with Gasteiger partial charge in [0, 0.05) is 23.7 Å². The Morgan fingerprint density at radius 1 is 0.931 bits per heavy atom. The molecule has 0 saturated heterocycles. The molecule has 3 aromatic rings. The minimum atomic E-state index is -1.87. The third-order valence-electron chi connectivity index (χ3n) is 7.01. The SMILES string of the molecule is Cc1cccc(C)c1C1=c2cc3c(cc2[Si](C)(C)c2cc(N)ccc21)=[N+](C)CC3. The Bertz CT molecular complexity index is 1300. The highest BCUT2D eigenvalue weighted by molar-refractivity contribution is 7.01. The molecule has 146 valence electrons. The normalized spacial score (nSPS) is 16.4. The highest BCUT2D eigenvalue weighted by atomic mass is 28.3. The molecule has 2 N–H and O–H groups in total. The quantitative estimate of drug-likeness (QED) is 0.380. The molecule has 2 aliphatic rings. The van der Waals surface area contributed by atoms with Crippen LogP contribution in [0.2, 0.25) is 13.1 Å². The van der Waals surface area contributed by atoms with Gasteiger partial charge in [0.05, 0.1) is 0 Å². The van der Waals surface area contributed by atoms with Crippen molar-refractivity contribution >= 4 is 29.7 Å². The van der Waals surface area contributed by atoms with E-state index in [4.69, 9.17) is 5.73 Å². The summed E-state index contributed by atoms with van der Waals surface area (Å²) in [5.41, 5.74) is 15.5. The Morgan fingerprint density at radius 2 is 1.66 bits per heavy atom. The van der Waals surface area contributed by atoms with Crippen molar-refractivity contribution in [2.75, 3.05) is 19.3 Å². The van der Waals surface area contributed by atoms with Gasteiger partial charge in [0.1, 0.15) is 21.7 Å². The number of nitrogens with two attached hydrogens (primary N) is 1. The van der Waals surface area contributed by atoms with E-state index in [9.17, 15) is 0 Å². The van der Waals surface area contributed by atoms with Crippen LogP contribution >= 0.6 is 0 Å². The molecule has 0 bridgehead atoms. The van der Waals surface area contributed by atoms with Crippen LogP contribution in [0.3, 0.4) is 0 Å². The van der Waals surface area contributed by atoms with Crippen LogP contribution in [-0.2, 0) is 6.42 Å². The van der Waals surface area contributed by atoms with Crippen LogP contribution in [0, 0.1) is 13.8 Å². The lowest BCUT2D eigenvalue weighted by molar-refractivity contribution is 0.720. The fourth-order valence-corrected chi connectivity index (χ4v) is 8.45. The Hall–Kier alpha value is -2.65. The first-order chi connectivity index (χ1) is 13.8. The Balaban J connectivity index is 2.04. The maximum atomic E-state index is 6.28. The lowest BCUT2D eigenvalue weighted by Crippen LogP contribution is -2.63. The standard InChI is InChI=1S/C26H28N2Si/c1-16-7-6-8-17(2)25(16)26-20-10-9-19(27)14-23(20)29(4,5)24-15-22-18(13-21(24)26)11-12-28(22)3/h6-10,13-15,27H,11-12H2,1-5H3/p+1. The molecule has 0 spiro atoms. The first-order valence-electron chi connectivity index (χ1n) is 10.5. The van der Waals surface area contributed by atoms with E-state index in [1.165, 1.54) is 49.2 Å². The first-order valence-corrected chi connectivity index (χ1v) is 13.5. The van der Waals surface area contributed by atoms with Crippen LogP contribution in [0.15, 0.2) is 48.5 Å². The number of rotatable bonds is 1. The van der Waals surface area contributed by atoms with Crippen molar-refractivity contribution in [3.8, 4) is 0 Å². The number of benzene rings is 3. The second kappa shape index (κ2) is 6.17. The van der Waals surface area contributed by atoms with Crippen molar-refractivity contribution in [1.82, 2.24) is 4.58 Å². The molecule has 5 rings (SSSR count). The van der Waals surface area contributed by atoms with Crippen LogP contribution in [0.25, 0.3) is 5.57 Å². The van der Waals surface area contributed by atoms with E-state index in [0.717, 1.165) is 18.7 Å². The number of fused-ring (bicyclic) bond motifs is 3. The zero-order valence-electron chi connectivity index (χ0n) is 18.1. The van der Waals surface area contributed by atoms with E-state index in [0.29, 0.717) is 0 Å². The zero-order chi connectivity index (χ0) is 20.5. The summed E-state index contributed by atoms with van der Waals surface area (Å²) in [5, 5.41) is 5.87. The van der Waals surface area contributed by atoms with Gasteiger partial charge in [-0.15, -0.1) is 0 Å². The number of likely N-dealkylation sites (N-methyl/N-ethyl adjacent to an activating group) is 1. The molecule has 3 aromatic carbocycles. The van der Waals surface area contributed by atoms with Crippen LogP contribution in [0.4, 0.5) is 5.69 Å². The minimum Gasteiger partial charge on any atom is -0.399 e. The molecule has 29 heavy (non-hydrogen) atoms. The third kappa shape index (κ3) is 2.57. The maximum Gasteiger partial charge on any atom is 0.203 e. The summed E-state index contributed by atoms with van der Waals surface area (Å²) in [6, 6.07) is 18.2. The Kier molecular flexibility index (Phi) is 3.91. The van der Waals surface area contributed by atoms with E-state index < -0.39 is 8.07 Å². The molecule has 0 unspecified atom stereocenters. The lowest BCUT2D eigenvalue weighted by Gasteiger charge is -2.33. The van der Waals surface area contributed by atoms with E-state index in [-0.39, 0.29) is 0 Å². The van der Waals surface area contributed by atoms with E-state index >= 15 is 0 Å². The summed E-state index contributed by atoms with van der Waals surface area (Å²) in [4.78, 5) is 0. The summed E-state index contributed by atoms with van der Waals surface area (Å²) >= 11 is 0. The average Bonchev–Trinajstić information content (AvgIpc) is 3.04. The highest BCUT2D eigenvalue weighted by Crippen LogP contribution is 2.30. The van der Waals surface area contributed by atoms with E-state index in [1.54, 1.807) is 5.19 Å². The molecule has 0 saturated carbocycles. The van der Waals surface area contributed by atoms with Crippen molar-refractivity contribution in [2.45, 2.75) is 33.4 Å². The second-order valence-electron chi connectivity index (χ2n) is 9.27. The molecule has 2 heterocycles. The van der Waals surface area contributed by atoms with Gasteiger partial charge in [-0.2, -0.15) is 0 Å². The highest BCUT2D eigenvalue weighted by Gasteiger charge is 2.37. The fourth-order valence-electron chi connectivity index (χ4n) is 5.39.